The summed E-state index contributed by atoms with van der Waals surface area (Å²) in [5.74, 6) is 1.96. The fourth-order valence-electron chi connectivity index (χ4n) is 3.68. The zero-order chi connectivity index (χ0) is 17.2. The van der Waals surface area contributed by atoms with Gasteiger partial charge in [0.15, 0.2) is 0 Å². The van der Waals surface area contributed by atoms with E-state index in [4.69, 9.17) is 9.97 Å². The van der Waals surface area contributed by atoms with Crippen LogP contribution in [0.2, 0.25) is 0 Å². The number of anilines is 2. The summed E-state index contributed by atoms with van der Waals surface area (Å²) in [6, 6.07) is 2.60. The van der Waals surface area contributed by atoms with Gasteiger partial charge in [-0.3, -0.25) is 4.90 Å². The van der Waals surface area contributed by atoms with E-state index in [0.717, 1.165) is 50.9 Å². The highest BCUT2D eigenvalue weighted by atomic mass is 32.1. The molecule has 0 aromatic carbocycles. The molecule has 4 heterocycles. The third-order valence-electron chi connectivity index (χ3n) is 4.93. The number of aromatic nitrogens is 2. The lowest BCUT2D eigenvalue weighted by Gasteiger charge is -2.30. The first-order valence-electron chi connectivity index (χ1n) is 9.34. The van der Waals surface area contributed by atoms with E-state index in [1.165, 1.54) is 29.7 Å². The maximum absolute atomic E-state index is 4.94. The van der Waals surface area contributed by atoms with Crippen LogP contribution in [-0.4, -0.2) is 40.5 Å². The third-order valence-corrected chi connectivity index (χ3v) is 5.66. The fourth-order valence-corrected chi connectivity index (χ4v) is 4.34. The van der Waals surface area contributed by atoms with E-state index >= 15 is 0 Å². The molecule has 2 aliphatic heterocycles. The van der Waals surface area contributed by atoms with Crippen LogP contribution in [0.5, 0.6) is 0 Å². The van der Waals surface area contributed by atoms with E-state index < -0.39 is 0 Å². The molecular weight excluding hydrogens is 330 g/mol. The number of nitrogens with one attached hydrogen (secondary N) is 1. The lowest BCUT2D eigenvalue weighted by Crippen LogP contribution is -2.33. The summed E-state index contributed by atoms with van der Waals surface area (Å²) >= 11 is 1.77. The highest BCUT2D eigenvalue weighted by Gasteiger charge is 2.25. The molecule has 25 heavy (non-hydrogen) atoms. The molecule has 0 spiro atoms. The molecule has 4 rings (SSSR count). The molecule has 2 aromatic heterocycles. The van der Waals surface area contributed by atoms with Gasteiger partial charge >= 0.3 is 0 Å². The first kappa shape index (κ1) is 16.8. The Bertz CT molecular complexity index is 707. The molecule has 0 radical (unpaired) electrons. The minimum Gasteiger partial charge on any atom is -0.367 e. The monoisotopic (exact) mass is 357 g/mol. The van der Waals surface area contributed by atoms with Gasteiger partial charge in [-0.25, -0.2) is 4.98 Å². The van der Waals surface area contributed by atoms with Crippen molar-refractivity contribution in [3.63, 3.8) is 0 Å². The maximum atomic E-state index is 4.94. The smallest absolute Gasteiger partial charge is 0.227 e. The van der Waals surface area contributed by atoms with E-state index in [0.29, 0.717) is 6.04 Å². The molecule has 0 unspecified atom stereocenters. The number of hydrogen-bond donors (Lipinski definition) is 1. The molecule has 0 atom stereocenters. The molecule has 2 aromatic rings. The molecule has 0 saturated carbocycles. The Kier molecular flexibility index (Phi) is 4.90. The minimum atomic E-state index is 0.373. The van der Waals surface area contributed by atoms with Gasteiger partial charge in [0, 0.05) is 50.7 Å². The van der Waals surface area contributed by atoms with Crippen molar-refractivity contribution in [1.29, 1.82) is 0 Å². The second-order valence-corrected chi connectivity index (χ2v) is 8.16. The van der Waals surface area contributed by atoms with Gasteiger partial charge in [0.05, 0.1) is 5.69 Å². The second-order valence-electron chi connectivity index (χ2n) is 7.38. The van der Waals surface area contributed by atoms with Crippen molar-refractivity contribution in [2.24, 2.45) is 0 Å². The number of hydrogen-bond acceptors (Lipinski definition) is 6. The number of nitrogens with zero attached hydrogens (tertiary/aromatic N) is 4. The van der Waals surface area contributed by atoms with Crippen molar-refractivity contribution in [3.05, 3.63) is 33.6 Å². The van der Waals surface area contributed by atoms with Crippen LogP contribution in [0.1, 0.15) is 43.5 Å². The Morgan fingerprint density at radius 3 is 2.76 bits per heavy atom. The van der Waals surface area contributed by atoms with Crippen LogP contribution >= 0.6 is 11.3 Å². The molecule has 0 aliphatic carbocycles. The summed E-state index contributed by atoms with van der Waals surface area (Å²) in [4.78, 5) is 14.7. The van der Waals surface area contributed by atoms with E-state index in [2.05, 4.69) is 45.8 Å². The van der Waals surface area contributed by atoms with Gasteiger partial charge in [0.25, 0.3) is 0 Å². The lowest BCUT2D eigenvalue weighted by atomic mass is 10.1. The van der Waals surface area contributed by atoms with Gasteiger partial charge in [0.1, 0.15) is 5.82 Å². The summed E-state index contributed by atoms with van der Waals surface area (Å²) in [6.07, 6.45) is 3.51. The average Bonchev–Trinajstić information content (AvgIpc) is 3.28. The quantitative estimate of drug-likeness (QED) is 0.887. The third kappa shape index (κ3) is 3.80. The molecule has 2 aliphatic rings. The van der Waals surface area contributed by atoms with Gasteiger partial charge in [0.2, 0.25) is 5.95 Å². The van der Waals surface area contributed by atoms with Crippen molar-refractivity contribution in [2.75, 3.05) is 29.9 Å². The van der Waals surface area contributed by atoms with E-state index in [1.807, 2.05) is 0 Å². The van der Waals surface area contributed by atoms with Crippen LogP contribution in [0, 0.1) is 0 Å². The SMILES string of the molecule is CC(C)Nc1nc(N2CCCC2)nc2c1CN(Cc1ccsc1)CC2. The Labute approximate surface area is 154 Å². The van der Waals surface area contributed by atoms with E-state index in [9.17, 15) is 0 Å². The molecule has 1 fully saturated rings. The number of thiophene rings is 1. The molecule has 1 saturated heterocycles. The van der Waals surface area contributed by atoms with E-state index in [-0.39, 0.29) is 0 Å². The van der Waals surface area contributed by atoms with Gasteiger partial charge in [-0.05, 0) is 49.1 Å². The Balaban J connectivity index is 1.60. The summed E-state index contributed by atoms with van der Waals surface area (Å²) in [7, 11) is 0. The van der Waals surface area contributed by atoms with Gasteiger partial charge < -0.3 is 10.2 Å². The van der Waals surface area contributed by atoms with Gasteiger partial charge in [-0.1, -0.05) is 0 Å². The Morgan fingerprint density at radius 2 is 2.04 bits per heavy atom. The van der Waals surface area contributed by atoms with Crippen molar-refractivity contribution < 1.29 is 0 Å². The minimum absolute atomic E-state index is 0.373. The first-order chi connectivity index (χ1) is 12.2. The molecule has 5 nitrogen and oxygen atoms in total. The lowest BCUT2D eigenvalue weighted by molar-refractivity contribution is 0.244. The molecule has 0 amide bonds. The van der Waals surface area contributed by atoms with Crippen molar-refractivity contribution in [2.45, 2.75) is 52.2 Å². The van der Waals surface area contributed by atoms with Gasteiger partial charge in [-0.2, -0.15) is 16.3 Å². The van der Waals surface area contributed by atoms with Gasteiger partial charge in [-0.15, -0.1) is 0 Å². The predicted molar refractivity (Wildman–Crippen MR) is 104 cm³/mol. The Hall–Kier alpha value is -1.66. The summed E-state index contributed by atoms with van der Waals surface area (Å²) in [5.41, 5.74) is 3.93. The normalized spacial score (nSPS) is 18.0. The van der Waals surface area contributed by atoms with Crippen LogP contribution in [0.25, 0.3) is 0 Å². The Morgan fingerprint density at radius 1 is 1.20 bits per heavy atom. The number of fused-ring (bicyclic) bond motifs is 1. The standard InChI is InChI=1S/C19H27N5S/c1-14(2)20-18-16-12-23(11-15-6-10-25-13-15)9-5-17(16)21-19(22-18)24-7-3-4-8-24/h6,10,13-14H,3-5,7-9,11-12H2,1-2H3,(H,20,21,22). The van der Waals surface area contributed by atoms with Crippen LogP contribution in [-0.2, 0) is 19.5 Å². The van der Waals surface area contributed by atoms with Crippen LogP contribution in [0.4, 0.5) is 11.8 Å². The zero-order valence-electron chi connectivity index (χ0n) is 15.2. The highest BCUT2D eigenvalue weighted by Crippen LogP contribution is 2.29. The van der Waals surface area contributed by atoms with Crippen LogP contribution in [0.15, 0.2) is 16.8 Å². The van der Waals surface area contributed by atoms with Crippen LogP contribution < -0.4 is 10.2 Å². The summed E-state index contributed by atoms with van der Waals surface area (Å²) in [5, 5.41) is 7.98. The largest absolute Gasteiger partial charge is 0.367 e. The van der Waals surface area contributed by atoms with Crippen LogP contribution in [0.3, 0.4) is 0 Å². The first-order valence-corrected chi connectivity index (χ1v) is 10.3. The molecule has 6 heteroatoms. The van der Waals surface area contributed by atoms with E-state index in [1.54, 1.807) is 11.3 Å². The van der Waals surface area contributed by atoms with Crippen molar-refractivity contribution >= 4 is 23.1 Å². The molecule has 134 valence electrons. The maximum Gasteiger partial charge on any atom is 0.227 e. The summed E-state index contributed by atoms with van der Waals surface area (Å²) < 4.78 is 0. The van der Waals surface area contributed by atoms with Crippen molar-refractivity contribution in [1.82, 2.24) is 14.9 Å². The molecule has 0 bridgehead atoms. The zero-order valence-corrected chi connectivity index (χ0v) is 16.0. The number of rotatable bonds is 5. The predicted octanol–water partition coefficient (Wildman–Crippen LogP) is 3.52. The molecule has 1 N–H and O–H groups in total. The fraction of sp³-hybridized carbons (Fsp3) is 0.579. The summed E-state index contributed by atoms with van der Waals surface area (Å²) in [6.45, 7) is 9.54. The molecular formula is C19H27N5S. The van der Waals surface area contributed by atoms with Crippen molar-refractivity contribution in [3.8, 4) is 0 Å². The second kappa shape index (κ2) is 7.30. The topological polar surface area (TPSA) is 44.3 Å². The highest BCUT2D eigenvalue weighted by molar-refractivity contribution is 7.07. The average molecular weight is 358 g/mol.